The number of halogens is 4. The number of aromatic nitrogens is 2. The second-order valence-electron chi connectivity index (χ2n) is 13.0. The smallest absolute Gasteiger partial charge is 0.197 e. The molecule has 52 heavy (non-hydrogen) atoms. The fourth-order valence-electron chi connectivity index (χ4n) is 7.53. The molecule has 4 aromatic carbocycles. The molecule has 0 amide bonds. The molecule has 0 unspecified atom stereocenters. The SMILES string of the molecule is Cn1c2cc(C=C3C(=O)c4cc5cc(F)c(F)cc5cc4C3=O)sc2c2c1c1sc(C=C3C(=O)c4cc5cc(F)c(F)cc5cc4C3=O)cc1n2C. The zero-order valence-electron chi connectivity index (χ0n) is 26.8. The van der Waals surface area contributed by atoms with Crippen molar-refractivity contribution in [2.75, 3.05) is 0 Å². The number of fused-ring (bicyclic) bond motifs is 9. The van der Waals surface area contributed by atoms with Crippen molar-refractivity contribution in [2.24, 2.45) is 14.1 Å². The Hall–Kier alpha value is -5.98. The first-order valence-electron chi connectivity index (χ1n) is 15.9. The van der Waals surface area contributed by atoms with Gasteiger partial charge in [-0.1, -0.05) is 0 Å². The van der Waals surface area contributed by atoms with Gasteiger partial charge in [0.25, 0.3) is 0 Å². The van der Waals surface area contributed by atoms with Crippen molar-refractivity contribution in [3.63, 3.8) is 0 Å². The van der Waals surface area contributed by atoms with Gasteiger partial charge < -0.3 is 9.13 Å². The number of hydrogen-bond donors (Lipinski definition) is 0. The summed E-state index contributed by atoms with van der Waals surface area (Å²) in [7, 11) is 3.82. The predicted octanol–water partition coefficient (Wildman–Crippen LogP) is 9.73. The molecule has 4 aromatic heterocycles. The maximum Gasteiger partial charge on any atom is 0.197 e. The molecular weight excluding hydrogens is 713 g/mol. The number of thiophene rings is 2. The van der Waals surface area contributed by atoms with Crippen LogP contribution in [0.2, 0.25) is 0 Å². The highest BCUT2D eigenvalue weighted by Crippen LogP contribution is 2.44. The number of allylic oxidation sites excluding steroid dienone is 2. The van der Waals surface area contributed by atoms with Gasteiger partial charge in [-0.25, -0.2) is 17.6 Å². The minimum atomic E-state index is -1.04. The molecule has 0 radical (unpaired) electrons. The number of rotatable bonds is 2. The summed E-state index contributed by atoms with van der Waals surface area (Å²) in [6, 6.07) is 13.5. The normalized spacial score (nSPS) is 14.4. The summed E-state index contributed by atoms with van der Waals surface area (Å²) < 4.78 is 61.4. The number of carbonyl (C=O) groups is 4. The Morgan fingerprint density at radius 3 is 1.04 bits per heavy atom. The molecular formula is C40H18F4N2O4S2. The molecule has 0 aliphatic heterocycles. The molecule has 0 atom stereocenters. The van der Waals surface area contributed by atoms with Crippen LogP contribution in [-0.4, -0.2) is 32.3 Å². The van der Waals surface area contributed by atoms with Crippen LogP contribution >= 0.6 is 22.7 Å². The summed E-state index contributed by atoms with van der Waals surface area (Å²) in [6.45, 7) is 0. The monoisotopic (exact) mass is 730 g/mol. The second-order valence-corrected chi connectivity index (χ2v) is 15.2. The average Bonchev–Trinajstić information content (AvgIpc) is 3.92. The zero-order chi connectivity index (χ0) is 36.1. The van der Waals surface area contributed by atoms with Crippen molar-refractivity contribution in [1.29, 1.82) is 0 Å². The van der Waals surface area contributed by atoms with Crippen molar-refractivity contribution in [2.45, 2.75) is 0 Å². The van der Waals surface area contributed by atoms with Crippen LogP contribution in [0.3, 0.4) is 0 Å². The number of benzene rings is 4. The van der Waals surface area contributed by atoms with Gasteiger partial charge in [-0.15, -0.1) is 22.7 Å². The van der Waals surface area contributed by atoms with E-state index < -0.39 is 46.4 Å². The van der Waals surface area contributed by atoms with Crippen molar-refractivity contribution in [3.05, 3.63) is 127 Å². The predicted molar refractivity (Wildman–Crippen MR) is 194 cm³/mol. The summed E-state index contributed by atoms with van der Waals surface area (Å²) >= 11 is 2.84. The maximum absolute atomic E-state index is 13.9. The molecule has 12 heteroatoms. The van der Waals surface area contributed by atoms with Gasteiger partial charge in [0.2, 0.25) is 0 Å². The second kappa shape index (κ2) is 10.3. The molecule has 252 valence electrons. The van der Waals surface area contributed by atoms with E-state index in [-0.39, 0.29) is 33.4 Å². The van der Waals surface area contributed by atoms with E-state index in [1.54, 1.807) is 12.2 Å². The minimum absolute atomic E-state index is 0.0230. The van der Waals surface area contributed by atoms with Crippen LogP contribution in [0.25, 0.3) is 65.2 Å². The Labute approximate surface area is 297 Å². The number of aryl methyl sites for hydroxylation is 2. The van der Waals surface area contributed by atoms with Crippen molar-refractivity contribution in [3.8, 4) is 0 Å². The van der Waals surface area contributed by atoms with Gasteiger partial charge >= 0.3 is 0 Å². The lowest BCUT2D eigenvalue weighted by Crippen LogP contribution is -1.99. The topological polar surface area (TPSA) is 78.1 Å². The Morgan fingerprint density at radius 2 is 0.750 bits per heavy atom. The highest BCUT2D eigenvalue weighted by Gasteiger charge is 2.35. The van der Waals surface area contributed by atoms with Crippen LogP contribution < -0.4 is 0 Å². The number of nitrogens with zero attached hydrogens (tertiary/aromatic N) is 2. The van der Waals surface area contributed by atoms with Crippen LogP contribution in [0.1, 0.15) is 51.2 Å². The third-order valence-electron chi connectivity index (χ3n) is 10.1. The van der Waals surface area contributed by atoms with Gasteiger partial charge in [0, 0.05) is 46.1 Å². The fraction of sp³-hybridized carbons (Fsp3) is 0.0500. The molecule has 0 bridgehead atoms. The molecule has 10 rings (SSSR count). The molecule has 8 aromatic rings. The van der Waals surface area contributed by atoms with E-state index in [1.165, 1.54) is 46.9 Å². The molecule has 6 nitrogen and oxygen atoms in total. The molecule has 0 fully saturated rings. The van der Waals surface area contributed by atoms with Crippen LogP contribution in [0, 0.1) is 23.3 Å². The first-order chi connectivity index (χ1) is 24.9. The first-order valence-corrected chi connectivity index (χ1v) is 17.5. The molecule has 2 aliphatic rings. The van der Waals surface area contributed by atoms with Gasteiger partial charge in [0.1, 0.15) is 0 Å². The van der Waals surface area contributed by atoms with Gasteiger partial charge in [0.15, 0.2) is 46.4 Å². The lowest BCUT2D eigenvalue weighted by molar-refractivity contribution is 0.0975. The van der Waals surface area contributed by atoms with Crippen LogP contribution in [0.15, 0.2) is 71.8 Å². The lowest BCUT2D eigenvalue weighted by Gasteiger charge is -2.02. The molecule has 2 aliphatic carbocycles. The van der Waals surface area contributed by atoms with E-state index in [0.717, 1.165) is 55.7 Å². The minimum Gasteiger partial charge on any atom is -0.340 e. The molecule has 4 heterocycles. The Bertz CT molecular complexity index is 2840. The van der Waals surface area contributed by atoms with E-state index in [0.29, 0.717) is 31.3 Å². The Morgan fingerprint density at radius 1 is 0.462 bits per heavy atom. The third-order valence-corrected chi connectivity index (χ3v) is 12.2. The van der Waals surface area contributed by atoms with E-state index in [1.807, 2.05) is 35.4 Å². The van der Waals surface area contributed by atoms with Crippen LogP contribution in [0.4, 0.5) is 17.6 Å². The average molecular weight is 731 g/mol. The Kier molecular flexibility index (Phi) is 6.10. The third kappa shape index (κ3) is 4.04. The summed E-state index contributed by atoms with van der Waals surface area (Å²) in [5.74, 6) is -6.07. The van der Waals surface area contributed by atoms with Crippen LogP contribution in [0.5, 0.6) is 0 Å². The maximum atomic E-state index is 13.9. The largest absolute Gasteiger partial charge is 0.340 e. The standard InChI is InChI=1S/C40H18F4N2O4S2/c1-45-31-13-19(11-25-35(47)21-3-15-7-27(41)28(42)8-16(15)4-22(21)36(25)48)51-39(31)34-33(45)40-32(46(34)2)14-20(52-40)12-26-37(49)23-5-17-9-29(43)30(44)10-18(17)6-24(23)38(26)50/h3-14H,1-2H3. The van der Waals surface area contributed by atoms with Crippen molar-refractivity contribution < 1.29 is 36.7 Å². The molecule has 0 saturated carbocycles. The van der Waals surface area contributed by atoms with Gasteiger partial charge in [0.05, 0.1) is 42.6 Å². The summed E-state index contributed by atoms with van der Waals surface area (Å²) in [4.78, 5) is 54.9. The number of hydrogen-bond acceptors (Lipinski definition) is 6. The fourth-order valence-corrected chi connectivity index (χ4v) is 9.96. The van der Waals surface area contributed by atoms with E-state index in [9.17, 15) is 36.7 Å². The van der Waals surface area contributed by atoms with Gasteiger partial charge in [-0.2, -0.15) is 0 Å². The van der Waals surface area contributed by atoms with E-state index in [4.69, 9.17) is 0 Å². The van der Waals surface area contributed by atoms with Crippen molar-refractivity contribution >= 4 is 111 Å². The first kappa shape index (κ1) is 30.8. The lowest BCUT2D eigenvalue weighted by atomic mass is 10.0. The number of Topliss-reactive ketones (excluding diaryl/α,β-unsaturated/α-hetero) is 4. The van der Waals surface area contributed by atoms with E-state index >= 15 is 0 Å². The number of ketones is 4. The molecule has 0 spiro atoms. The summed E-state index contributed by atoms with van der Waals surface area (Å²) in [6.07, 6.45) is 3.12. The van der Waals surface area contributed by atoms with Gasteiger partial charge in [-0.3, -0.25) is 19.2 Å². The zero-order valence-corrected chi connectivity index (χ0v) is 28.4. The molecule has 0 N–H and O–H groups in total. The van der Waals surface area contributed by atoms with E-state index in [2.05, 4.69) is 0 Å². The van der Waals surface area contributed by atoms with Crippen LogP contribution in [-0.2, 0) is 14.1 Å². The Balaban J connectivity index is 1.02. The highest BCUT2D eigenvalue weighted by atomic mass is 32.1. The van der Waals surface area contributed by atoms with Crippen molar-refractivity contribution in [1.82, 2.24) is 9.13 Å². The quantitative estimate of drug-likeness (QED) is 0.101. The molecule has 0 saturated heterocycles. The summed E-state index contributed by atoms with van der Waals surface area (Å²) in [5, 5.41) is 1.29. The van der Waals surface area contributed by atoms with Gasteiger partial charge in [-0.05, 0) is 94.4 Å². The highest BCUT2D eigenvalue weighted by molar-refractivity contribution is 7.22. The number of carbonyl (C=O) groups excluding carboxylic acids is 4. The summed E-state index contributed by atoms with van der Waals surface area (Å²) in [5.41, 5.74) is 4.16.